The Morgan fingerprint density at radius 1 is 1.06 bits per heavy atom. The average molecular weight is 243 g/mol. The van der Waals surface area contributed by atoms with Gasteiger partial charge in [-0.1, -0.05) is 0 Å². The number of hydrogen-bond acceptors (Lipinski definition) is 3. The Balaban J connectivity index is 1.88. The summed E-state index contributed by atoms with van der Waals surface area (Å²) in [5.74, 6) is -0.618. The zero-order valence-electron chi connectivity index (χ0n) is 9.22. The zero-order valence-corrected chi connectivity index (χ0v) is 10.0. The Hall–Kier alpha value is -0.710. The SMILES string of the molecule is O=C(O)[C@@H]1CC[C@H](C(=O)N2CCCCC2)S1. The van der Waals surface area contributed by atoms with Crippen LogP contribution in [-0.4, -0.2) is 45.5 Å². The van der Waals surface area contributed by atoms with Gasteiger partial charge in [0.1, 0.15) is 5.25 Å². The fourth-order valence-corrected chi connectivity index (χ4v) is 3.64. The summed E-state index contributed by atoms with van der Waals surface area (Å²) in [6.07, 6.45) is 4.73. The number of amides is 1. The molecule has 0 saturated carbocycles. The van der Waals surface area contributed by atoms with E-state index in [1.807, 2.05) is 4.90 Å². The Kier molecular flexibility index (Phi) is 3.74. The second kappa shape index (κ2) is 5.08. The molecular formula is C11H17NO3S. The third-order valence-corrected chi connectivity index (χ3v) is 4.77. The van der Waals surface area contributed by atoms with Gasteiger partial charge >= 0.3 is 5.97 Å². The van der Waals surface area contributed by atoms with Crippen molar-refractivity contribution in [3.05, 3.63) is 0 Å². The van der Waals surface area contributed by atoms with Gasteiger partial charge in [0.05, 0.1) is 5.25 Å². The summed E-state index contributed by atoms with van der Waals surface area (Å²) in [4.78, 5) is 24.8. The molecule has 2 aliphatic heterocycles. The molecule has 2 saturated heterocycles. The van der Waals surface area contributed by atoms with Crippen LogP contribution >= 0.6 is 11.8 Å². The van der Waals surface area contributed by atoms with Crippen LogP contribution in [0.25, 0.3) is 0 Å². The molecule has 2 fully saturated rings. The number of carboxylic acids is 1. The first-order valence-electron chi connectivity index (χ1n) is 5.85. The molecule has 2 rings (SSSR count). The fourth-order valence-electron chi connectivity index (χ4n) is 2.32. The van der Waals surface area contributed by atoms with Crippen molar-refractivity contribution in [1.29, 1.82) is 0 Å². The number of rotatable bonds is 2. The minimum absolute atomic E-state index is 0.112. The third kappa shape index (κ3) is 2.51. The number of hydrogen-bond donors (Lipinski definition) is 1. The van der Waals surface area contributed by atoms with Gasteiger partial charge in [0.15, 0.2) is 0 Å². The maximum atomic E-state index is 12.1. The van der Waals surface area contributed by atoms with Gasteiger partial charge in [0.2, 0.25) is 5.91 Å². The molecule has 2 heterocycles. The summed E-state index contributed by atoms with van der Waals surface area (Å²) in [6.45, 7) is 1.71. The quantitative estimate of drug-likeness (QED) is 0.795. The van der Waals surface area contributed by atoms with Gasteiger partial charge in [-0.2, -0.15) is 0 Å². The molecule has 2 atom stereocenters. The molecular weight excluding hydrogens is 226 g/mol. The average Bonchev–Trinajstić information content (AvgIpc) is 2.78. The predicted octanol–water partition coefficient (Wildman–Crippen LogP) is 1.35. The van der Waals surface area contributed by atoms with Crippen molar-refractivity contribution in [3.8, 4) is 0 Å². The summed E-state index contributed by atoms with van der Waals surface area (Å²) >= 11 is 1.33. The lowest BCUT2D eigenvalue weighted by Crippen LogP contribution is -2.40. The molecule has 0 spiro atoms. The van der Waals surface area contributed by atoms with E-state index in [1.54, 1.807) is 0 Å². The molecule has 90 valence electrons. The van der Waals surface area contributed by atoms with E-state index in [4.69, 9.17) is 5.11 Å². The first-order valence-corrected chi connectivity index (χ1v) is 6.80. The zero-order chi connectivity index (χ0) is 11.5. The van der Waals surface area contributed by atoms with E-state index >= 15 is 0 Å². The maximum Gasteiger partial charge on any atom is 0.316 e. The lowest BCUT2D eigenvalue weighted by atomic mass is 10.1. The van der Waals surface area contributed by atoms with E-state index < -0.39 is 5.97 Å². The van der Waals surface area contributed by atoms with Gasteiger partial charge in [-0.25, -0.2) is 0 Å². The van der Waals surface area contributed by atoms with E-state index in [-0.39, 0.29) is 16.4 Å². The third-order valence-electron chi connectivity index (χ3n) is 3.24. The molecule has 0 aromatic carbocycles. The number of carbonyl (C=O) groups is 2. The monoisotopic (exact) mass is 243 g/mol. The first-order chi connectivity index (χ1) is 7.68. The normalized spacial score (nSPS) is 30.4. The van der Waals surface area contributed by atoms with Gasteiger partial charge in [-0.3, -0.25) is 9.59 Å². The fraction of sp³-hybridized carbons (Fsp3) is 0.818. The van der Waals surface area contributed by atoms with Gasteiger partial charge in [0.25, 0.3) is 0 Å². The highest BCUT2D eigenvalue weighted by molar-refractivity contribution is 8.02. The molecule has 0 unspecified atom stereocenters. The van der Waals surface area contributed by atoms with Crippen LogP contribution in [0.2, 0.25) is 0 Å². The van der Waals surface area contributed by atoms with E-state index in [0.717, 1.165) is 32.4 Å². The number of nitrogens with zero attached hydrogens (tertiary/aromatic N) is 1. The summed E-state index contributed by atoms with van der Waals surface area (Å²) < 4.78 is 0. The van der Waals surface area contributed by atoms with E-state index in [0.29, 0.717) is 6.42 Å². The molecule has 2 aliphatic rings. The van der Waals surface area contributed by atoms with Crippen molar-refractivity contribution in [3.63, 3.8) is 0 Å². The van der Waals surface area contributed by atoms with E-state index in [9.17, 15) is 9.59 Å². The summed E-state index contributed by atoms with van der Waals surface area (Å²) in [5.41, 5.74) is 0. The Morgan fingerprint density at radius 2 is 1.69 bits per heavy atom. The van der Waals surface area contributed by atoms with E-state index in [2.05, 4.69) is 0 Å². The Bertz CT molecular complexity index is 289. The Labute approximate surface area is 99.4 Å². The highest BCUT2D eigenvalue weighted by Crippen LogP contribution is 2.35. The lowest BCUT2D eigenvalue weighted by Gasteiger charge is -2.28. The van der Waals surface area contributed by atoms with Crippen LogP contribution in [0.15, 0.2) is 0 Å². The van der Waals surface area contributed by atoms with Crippen molar-refractivity contribution < 1.29 is 14.7 Å². The number of thioether (sulfide) groups is 1. The van der Waals surface area contributed by atoms with Crippen LogP contribution in [0.1, 0.15) is 32.1 Å². The van der Waals surface area contributed by atoms with Crippen molar-refractivity contribution in [2.75, 3.05) is 13.1 Å². The summed E-state index contributed by atoms with van der Waals surface area (Å²) in [5, 5.41) is 8.39. The molecule has 1 N–H and O–H groups in total. The highest BCUT2D eigenvalue weighted by atomic mass is 32.2. The Morgan fingerprint density at radius 3 is 2.25 bits per heavy atom. The van der Waals surface area contributed by atoms with Crippen LogP contribution in [0, 0.1) is 0 Å². The smallest absolute Gasteiger partial charge is 0.316 e. The molecule has 0 aromatic rings. The molecule has 0 bridgehead atoms. The van der Waals surface area contributed by atoms with Crippen molar-refractivity contribution >= 4 is 23.6 Å². The topological polar surface area (TPSA) is 57.6 Å². The second-order valence-electron chi connectivity index (χ2n) is 4.41. The van der Waals surface area contributed by atoms with Gasteiger partial charge < -0.3 is 10.0 Å². The van der Waals surface area contributed by atoms with Crippen LogP contribution in [0.3, 0.4) is 0 Å². The van der Waals surface area contributed by atoms with Crippen molar-refractivity contribution in [2.45, 2.75) is 42.6 Å². The van der Waals surface area contributed by atoms with Crippen molar-refractivity contribution in [2.24, 2.45) is 0 Å². The molecule has 4 nitrogen and oxygen atoms in total. The van der Waals surface area contributed by atoms with Gasteiger partial charge in [-0.15, -0.1) is 11.8 Å². The van der Waals surface area contributed by atoms with Crippen LogP contribution < -0.4 is 0 Å². The maximum absolute atomic E-state index is 12.1. The number of piperidine rings is 1. The van der Waals surface area contributed by atoms with Crippen molar-refractivity contribution in [1.82, 2.24) is 4.90 Å². The number of likely N-dealkylation sites (tertiary alicyclic amines) is 1. The number of carboxylic acid groups (broad SMARTS) is 1. The highest BCUT2D eigenvalue weighted by Gasteiger charge is 2.36. The standard InChI is InChI=1S/C11H17NO3S/c13-10(12-6-2-1-3-7-12)8-4-5-9(16-8)11(14)15/h8-9H,1-7H2,(H,14,15)/t8-,9+/m1/s1. The van der Waals surface area contributed by atoms with Gasteiger partial charge in [-0.05, 0) is 32.1 Å². The van der Waals surface area contributed by atoms with Gasteiger partial charge in [0, 0.05) is 13.1 Å². The van der Waals surface area contributed by atoms with Crippen LogP contribution in [0.4, 0.5) is 0 Å². The lowest BCUT2D eigenvalue weighted by molar-refractivity contribution is -0.136. The molecule has 0 aromatic heterocycles. The molecule has 5 heteroatoms. The molecule has 1 amide bonds. The molecule has 0 radical (unpaired) electrons. The van der Waals surface area contributed by atoms with Crippen LogP contribution in [0.5, 0.6) is 0 Å². The minimum atomic E-state index is -0.779. The van der Waals surface area contributed by atoms with Crippen LogP contribution in [-0.2, 0) is 9.59 Å². The summed E-state index contributed by atoms with van der Waals surface area (Å²) in [7, 11) is 0. The first kappa shape index (κ1) is 11.8. The largest absolute Gasteiger partial charge is 0.480 e. The number of aliphatic carboxylic acids is 1. The van der Waals surface area contributed by atoms with E-state index in [1.165, 1.54) is 18.2 Å². The molecule has 0 aliphatic carbocycles. The second-order valence-corrected chi connectivity index (χ2v) is 5.83. The predicted molar refractivity (Wildman–Crippen MR) is 62.5 cm³/mol. The molecule has 16 heavy (non-hydrogen) atoms. The summed E-state index contributed by atoms with van der Waals surface area (Å²) in [6, 6.07) is 0. The number of carbonyl (C=O) groups excluding carboxylic acids is 1. The minimum Gasteiger partial charge on any atom is -0.480 e.